The van der Waals surface area contributed by atoms with Gasteiger partial charge in [0.05, 0.1) is 18.3 Å². The van der Waals surface area contributed by atoms with Crippen LogP contribution in [0.1, 0.15) is 29.8 Å². The Morgan fingerprint density at radius 3 is 2.48 bits per heavy atom. The number of H-pyrrole nitrogens is 1. The molecule has 1 aliphatic heterocycles. The molecule has 3 aromatic carbocycles. The average molecular weight is 534 g/mol. The Bertz CT molecular complexity index is 1650. The number of benzene rings is 3. The number of anilines is 1. The normalized spacial score (nSPS) is 14.7. The Morgan fingerprint density at radius 2 is 1.73 bits per heavy atom. The van der Waals surface area contributed by atoms with Crippen molar-refractivity contribution in [1.82, 2.24) is 19.8 Å². The van der Waals surface area contributed by atoms with Crippen molar-refractivity contribution in [3.8, 4) is 17.0 Å². The van der Waals surface area contributed by atoms with E-state index in [9.17, 15) is 4.79 Å². The van der Waals surface area contributed by atoms with Crippen molar-refractivity contribution in [2.24, 2.45) is 0 Å². The number of pyridine rings is 1. The molecule has 0 unspecified atom stereocenters. The summed E-state index contributed by atoms with van der Waals surface area (Å²) in [7, 11) is 1.65. The van der Waals surface area contributed by atoms with E-state index >= 15 is 0 Å². The van der Waals surface area contributed by atoms with Crippen LogP contribution in [0.3, 0.4) is 0 Å². The lowest BCUT2D eigenvalue weighted by Crippen LogP contribution is -2.48. The highest BCUT2D eigenvalue weighted by Gasteiger charge is 2.19. The van der Waals surface area contributed by atoms with Crippen LogP contribution in [-0.4, -0.2) is 65.0 Å². The molecule has 7 nitrogen and oxygen atoms in total. The third kappa shape index (κ3) is 5.30. The third-order valence-electron chi connectivity index (χ3n) is 7.84. The number of fused-ring (bicyclic) bond motifs is 3. The van der Waals surface area contributed by atoms with Crippen molar-refractivity contribution in [3.63, 3.8) is 0 Å². The fourth-order valence-electron chi connectivity index (χ4n) is 5.54. The fraction of sp³-hybridized carbons (Fsp3) is 0.273. The zero-order valence-corrected chi connectivity index (χ0v) is 23.3. The number of nitrogens with zero attached hydrogens (tertiary/aromatic N) is 3. The van der Waals surface area contributed by atoms with Gasteiger partial charge in [-0.05, 0) is 55.8 Å². The first-order valence-corrected chi connectivity index (χ1v) is 13.9. The maximum atomic E-state index is 13.3. The molecule has 3 heterocycles. The molecule has 0 radical (unpaired) electrons. The van der Waals surface area contributed by atoms with E-state index in [1.165, 1.54) is 5.56 Å². The van der Waals surface area contributed by atoms with E-state index in [0.717, 1.165) is 71.5 Å². The predicted molar refractivity (Wildman–Crippen MR) is 162 cm³/mol. The number of piperazine rings is 1. The lowest BCUT2D eigenvalue weighted by molar-refractivity contribution is 0.102. The zero-order chi connectivity index (χ0) is 27.6. The van der Waals surface area contributed by atoms with Crippen LogP contribution in [0.15, 0.2) is 78.9 Å². The van der Waals surface area contributed by atoms with Gasteiger partial charge in [0.1, 0.15) is 11.6 Å². The van der Waals surface area contributed by atoms with Gasteiger partial charge in [0, 0.05) is 66.2 Å². The van der Waals surface area contributed by atoms with Crippen LogP contribution in [0.2, 0.25) is 0 Å². The first kappa shape index (κ1) is 26.0. The molecule has 1 fully saturated rings. The molecule has 1 amide bonds. The van der Waals surface area contributed by atoms with E-state index in [-0.39, 0.29) is 5.91 Å². The van der Waals surface area contributed by atoms with Crippen molar-refractivity contribution in [2.75, 3.05) is 38.6 Å². The van der Waals surface area contributed by atoms with Gasteiger partial charge in [-0.25, -0.2) is 4.98 Å². The molecule has 1 aliphatic rings. The number of nitrogens with one attached hydrogen (secondary N) is 2. The molecule has 0 atom stereocenters. The van der Waals surface area contributed by atoms with Crippen molar-refractivity contribution in [2.45, 2.75) is 26.4 Å². The number of rotatable bonds is 7. The van der Waals surface area contributed by atoms with Gasteiger partial charge < -0.3 is 15.0 Å². The maximum Gasteiger partial charge on any atom is 0.256 e. The van der Waals surface area contributed by atoms with E-state index < -0.39 is 0 Å². The van der Waals surface area contributed by atoms with E-state index in [1.54, 1.807) is 7.11 Å². The number of carbonyl (C=O) groups excluding carboxylic acids is 1. The summed E-state index contributed by atoms with van der Waals surface area (Å²) in [5.41, 5.74) is 5.44. The number of para-hydroxylation sites is 1. The van der Waals surface area contributed by atoms with Gasteiger partial charge in [0.25, 0.3) is 5.91 Å². The molecule has 5 aromatic rings. The van der Waals surface area contributed by atoms with Crippen LogP contribution in [0.4, 0.5) is 5.82 Å². The summed E-state index contributed by atoms with van der Waals surface area (Å²) in [5.74, 6) is 1.08. The topological polar surface area (TPSA) is 73.5 Å². The van der Waals surface area contributed by atoms with Crippen LogP contribution < -0.4 is 10.1 Å². The lowest BCUT2D eigenvalue weighted by atomic mass is 10.1. The van der Waals surface area contributed by atoms with Crippen molar-refractivity contribution >= 4 is 33.5 Å². The van der Waals surface area contributed by atoms with Crippen LogP contribution in [0.25, 0.3) is 33.1 Å². The number of methoxy groups -OCH3 is 1. The summed E-state index contributed by atoms with van der Waals surface area (Å²) in [5, 5.41) is 5.14. The van der Waals surface area contributed by atoms with Gasteiger partial charge in [0.2, 0.25) is 0 Å². The molecule has 2 aromatic heterocycles. The Kier molecular flexibility index (Phi) is 7.24. The molecule has 1 saturated heterocycles. The van der Waals surface area contributed by atoms with E-state index in [1.807, 2.05) is 54.6 Å². The van der Waals surface area contributed by atoms with Gasteiger partial charge in [-0.2, -0.15) is 0 Å². The van der Waals surface area contributed by atoms with Crippen LogP contribution in [0.5, 0.6) is 5.75 Å². The molecule has 40 heavy (non-hydrogen) atoms. The minimum atomic E-state index is -0.180. The third-order valence-corrected chi connectivity index (χ3v) is 7.84. The summed E-state index contributed by atoms with van der Waals surface area (Å²) < 4.78 is 5.46. The highest BCUT2D eigenvalue weighted by molar-refractivity contribution is 6.13. The Hall–Kier alpha value is -4.20. The van der Waals surface area contributed by atoms with Crippen molar-refractivity contribution in [1.29, 1.82) is 0 Å². The summed E-state index contributed by atoms with van der Waals surface area (Å²) in [4.78, 5) is 26.7. The molecule has 0 bridgehead atoms. The number of carbonyl (C=O) groups is 1. The number of amides is 1. The van der Waals surface area contributed by atoms with Crippen LogP contribution >= 0.6 is 0 Å². The van der Waals surface area contributed by atoms with Gasteiger partial charge in [-0.3, -0.25) is 14.6 Å². The highest BCUT2D eigenvalue weighted by atomic mass is 16.5. The summed E-state index contributed by atoms with van der Waals surface area (Å²) in [6.45, 7) is 9.75. The lowest BCUT2D eigenvalue weighted by Gasteiger charge is -2.36. The molecule has 204 valence electrons. The molecular weight excluding hydrogens is 498 g/mol. The SMILES string of the molecule is COc1cccc(-c2nc(NC(=O)c3ccc(CN4CCN(C(C)C)CC4)cc3)cc3c2[nH]c2ccccc23)c1. The van der Waals surface area contributed by atoms with Crippen LogP contribution in [0, 0.1) is 0 Å². The molecule has 2 N–H and O–H groups in total. The fourth-order valence-corrected chi connectivity index (χ4v) is 5.54. The van der Waals surface area contributed by atoms with Gasteiger partial charge >= 0.3 is 0 Å². The second kappa shape index (κ2) is 11.1. The Morgan fingerprint density at radius 1 is 0.950 bits per heavy atom. The summed E-state index contributed by atoms with van der Waals surface area (Å²) >= 11 is 0. The van der Waals surface area contributed by atoms with E-state index in [0.29, 0.717) is 17.4 Å². The standard InChI is InChI=1S/C33H35N5O2/c1-22(2)38-17-15-37(16-18-38)21-23-11-13-24(14-12-23)33(39)36-30-20-28-27-9-4-5-10-29(27)34-32(28)31(35-30)25-7-6-8-26(19-25)40-3/h4-14,19-20,22,34H,15-18,21H2,1-3H3,(H,35,36,39). The molecule has 6 rings (SSSR count). The smallest absolute Gasteiger partial charge is 0.256 e. The van der Waals surface area contributed by atoms with Crippen molar-refractivity contribution < 1.29 is 9.53 Å². The van der Waals surface area contributed by atoms with Crippen molar-refractivity contribution in [3.05, 3.63) is 90.0 Å². The van der Waals surface area contributed by atoms with E-state index in [4.69, 9.17) is 9.72 Å². The van der Waals surface area contributed by atoms with Gasteiger partial charge in [-0.1, -0.05) is 42.5 Å². The number of hydrogen-bond donors (Lipinski definition) is 2. The first-order valence-electron chi connectivity index (χ1n) is 13.9. The predicted octanol–water partition coefficient (Wildman–Crippen LogP) is 6.17. The zero-order valence-electron chi connectivity index (χ0n) is 23.3. The molecule has 0 spiro atoms. The van der Waals surface area contributed by atoms with Gasteiger partial charge in [0.15, 0.2) is 0 Å². The van der Waals surface area contributed by atoms with Gasteiger partial charge in [-0.15, -0.1) is 0 Å². The molecule has 0 saturated carbocycles. The molecule has 0 aliphatic carbocycles. The Labute approximate surface area is 234 Å². The highest BCUT2D eigenvalue weighted by Crippen LogP contribution is 2.35. The minimum Gasteiger partial charge on any atom is -0.497 e. The quantitative estimate of drug-likeness (QED) is 0.262. The number of ether oxygens (including phenoxy) is 1. The number of hydrogen-bond acceptors (Lipinski definition) is 5. The number of aromatic amines is 1. The second-order valence-corrected chi connectivity index (χ2v) is 10.7. The Balaban J connectivity index is 1.24. The largest absolute Gasteiger partial charge is 0.497 e. The first-order chi connectivity index (χ1) is 19.5. The van der Waals surface area contributed by atoms with Crippen LogP contribution in [-0.2, 0) is 6.54 Å². The van der Waals surface area contributed by atoms with E-state index in [2.05, 4.69) is 58.2 Å². The summed E-state index contributed by atoms with van der Waals surface area (Å²) in [6, 6.07) is 26.4. The maximum absolute atomic E-state index is 13.3. The monoisotopic (exact) mass is 533 g/mol. The minimum absolute atomic E-state index is 0.180. The number of aromatic nitrogens is 2. The summed E-state index contributed by atoms with van der Waals surface area (Å²) in [6.07, 6.45) is 0. The second-order valence-electron chi connectivity index (χ2n) is 10.7. The molecule has 7 heteroatoms. The molecular formula is C33H35N5O2. The average Bonchev–Trinajstić information content (AvgIpc) is 3.36.